The molecule has 0 bridgehead atoms. The highest BCUT2D eigenvalue weighted by atomic mass is 32.2. The molecule has 2 aromatic carbocycles. The van der Waals surface area contributed by atoms with Gasteiger partial charge >= 0.3 is 6.61 Å². The Labute approximate surface area is 183 Å². The molecule has 1 unspecified atom stereocenters. The van der Waals surface area contributed by atoms with E-state index in [1.54, 1.807) is 24.3 Å². The van der Waals surface area contributed by atoms with Gasteiger partial charge in [-0.05, 0) is 42.3 Å². The smallest absolute Gasteiger partial charge is 0.387 e. The summed E-state index contributed by atoms with van der Waals surface area (Å²) in [4.78, 5) is 8.79. The van der Waals surface area contributed by atoms with Gasteiger partial charge in [0.25, 0.3) is 0 Å². The van der Waals surface area contributed by atoms with Crippen LogP contribution in [-0.4, -0.2) is 35.8 Å². The molecule has 0 fully saturated rings. The lowest BCUT2D eigenvalue weighted by molar-refractivity contribution is -0.0506. The van der Waals surface area contributed by atoms with Gasteiger partial charge in [0, 0.05) is 30.0 Å². The van der Waals surface area contributed by atoms with Crippen molar-refractivity contribution in [3.8, 4) is 16.9 Å². The molecule has 0 amide bonds. The molecule has 0 saturated carbocycles. The van der Waals surface area contributed by atoms with Crippen LogP contribution in [0.15, 0.2) is 65.8 Å². The number of nitrogens with zero attached hydrogens (tertiary/aromatic N) is 3. The number of benzene rings is 2. The molecule has 5 rings (SSSR count). The lowest BCUT2D eigenvalue weighted by Gasteiger charge is -2.19. The Bertz CT molecular complexity index is 1420. The second kappa shape index (κ2) is 7.67. The van der Waals surface area contributed by atoms with E-state index in [9.17, 15) is 17.2 Å². The summed E-state index contributed by atoms with van der Waals surface area (Å²) in [5.74, 6) is 1.05. The predicted octanol–water partition coefficient (Wildman–Crippen LogP) is 4.64. The zero-order valence-electron chi connectivity index (χ0n) is 17.1. The van der Waals surface area contributed by atoms with E-state index in [2.05, 4.69) is 9.55 Å². The zero-order chi connectivity index (χ0) is 22.5. The van der Waals surface area contributed by atoms with Crippen LogP contribution in [0.3, 0.4) is 0 Å². The fraction of sp³-hybridized carbons (Fsp3) is 0.217. The first-order valence-electron chi connectivity index (χ1n) is 10.0. The fourth-order valence-corrected chi connectivity index (χ4v) is 4.83. The normalized spacial score (nSPS) is 15.9. The number of sulfone groups is 1. The Kier molecular flexibility index (Phi) is 4.93. The predicted molar refractivity (Wildman–Crippen MR) is 116 cm³/mol. The number of alkyl halides is 2. The third-order valence-electron chi connectivity index (χ3n) is 5.66. The van der Waals surface area contributed by atoms with E-state index in [0.717, 1.165) is 47.1 Å². The van der Waals surface area contributed by atoms with Crippen LogP contribution in [0.2, 0.25) is 0 Å². The number of ether oxygens (including phenoxy) is 1. The van der Waals surface area contributed by atoms with Crippen LogP contribution in [-0.2, 0) is 16.3 Å². The van der Waals surface area contributed by atoms with E-state index < -0.39 is 16.4 Å². The van der Waals surface area contributed by atoms with Crippen LogP contribution < -0.4 is 4.74 Å². The molecular formula is C23H19F2N3O3S. The minimum Gasteiger partial charge on any atom is -0.434 e. The molecule has 0 aliphatic carbocycles. The monoisotopic (exact) mass is 455 g/mol. The van der Waals surface area contributed by atoms with E-state index in [4.69, 9.17) is 9.72 Å². The highest BCUT2D eigenvalue weighted by Crippen LogP contribution is 2.40. The van der Waals surface area contributed by atoms with Crippen LogP contribution in [0.4, 0.5) is 8.78 Å². The molecule has 9 heteroatoms. The summed E-state index contributed by atoms with van der Waals surface area (Å²) in [7, 11) is -3.38. The van der Waals surface area contributed by atoms with E-state index in [1.807, 2.05) is 24.3 Å². The topological polar surface area (TPSA) is 74.1 Å². The summed E-state index contributed by atoms with van der Waals surface area (Å²) < 4.78 is 56.1. The average molecular weight is 455 g/mol. The second-order valence-corrected chi connectivity index (χ2v) is 9.69. The highest BCUT2D eigenvalue weighted by molar-refractivity contribution is 7.90. The van der Waals surface area contributed by atoms with Gasteiger partial charge < -0.3 is 9.30 Å². The first-order chi connectivity index (χ1) is 15.3. The van der Waals surface area contributed by atoms with Crippen molar-refractivity contribution in [2.24, 2.45) is 0 Å². The van der Waals surface area contributed by atoms with E-state index in [-0.39, 0.29) is 16.8 Å². The van der Waals surface area contributed by atoms with Gasteiger partial charge in [-0.2, -0.15) is 8.78 Å². The van der Waals surface area contributed by atoms with Gasteiger partial charge in [-0.1, -0.05) is 24.3 Å². The van der Waals surface area contributed by atoms with Crippen molar-refractivity contribution in [1.29, 1.82) is 0 Å². The number of aryl methyl sites for hydroxylation is 1. The summed E-state index contributed by atoms with van der Waals surface area (Å²) in [6.07, 6.45) is 4.10. The minimum absolute atomic E-state index is 0.0169. The van der Waals surface area contributed by atoms with Crippen molar-refractivity contribution >= 4 is 20.9 Å². The molecule has 4 aromatic rings. The minimum atomic E-state index is -3.38. The molecule has 2 aromatic heterocycles. The fourth-order valence-electron chi connectivity index (χ4n) is 4.27. The Morgan fingerprint density at radius 3 is 2.59 bits per heavy atom. The average Bonchev–Trinajstić information content (AvgIpc) is 3.32. The molecule has 0 radical (unpaired) electrons. The van der Waals surface area contributed by atoms with Gasteiger partial charge in [-0.15, -0.1) is 0 Å². The first-order valence-corrected chi connectivity index (χ1v) is 11.9. The number of para-hydroxylation sites is 1. The molecule has 6 nitrogen and oxygen atoms in total. The summed E-state index contributed by atoms with van der Waals surface area (Å²) in [5.41, 5.74) is 4.00. The molecule has 0 saturated heterocycles. The molecule has 1 atom stereocenters. The van der Waals surface area contributed by atoms with Gasteiger partial charge in [-0.25, -0.2) is 18.4 Å². The van der Waals surface area contributed by atoms with Gasteiger partial charge in [0.2, 0.25) is 0 Å². The summed E-state index contributed by atoms with van der Waals surface area (Å²) in [6, 6.07) is 15.7. The van der Waals surface area contributed by atoms with Crippen LogP contribution in [0.5, 0.6) is 5.75 Å². The number of imidazole rings is 1. The summed E-state index contributed by atoms with van der Waals surface area (Å²) >= 11 is 0. The number of pyridine rings is 1. The summed E-state index contributed by atoms with van der Waals surface area (Å²) in [5, 5.41) is 0.0169. The molecule has 0 N–H and O–H groups in total. The van der Waals surface area contributed by atoms with Gasteiger partial charge in [0.15, 0.2) is 14.9 Å². The van der Waals surface area contributed by atoms with Crippen molar-refractivity contribution in [2.45, 2.75) is 30.5 Å². The number of hydrogen-bond acceptors (Lipinski definition) is 5. The number of halogens is 2. The zero-order valence-corrected chi connectivity index (χ0v) is 17.9. The molecule has 32 heavy (non-hydrogen) atoms. The molecule has 0 spiro atoms. The highest BCUT2D eigenvalue weighted by Gasteiger charge is 2.29. The second-order valence-electron chi connectivity index (χ2n) is 7.73. The van der Waals surface area contributed by atoms with Crippen molar-refractivity contribution < 1.29 is 21.9 Å². The molecule has 3 heterocycles. The maximum absolute atomic E-state index is 12.9. The Morgan fingerprint density at radius 1 is 1.09 bits per heavy atom. The van der Waals surface area contributed by atoms with Crippen molar-refractivity contribution in [1.82, 2.24) is 14.5 Å². The largest absolute Gasteiger partial charge is 0.434 e. The van der Waals surface area contributed by atoms with Crippen molar-refractivity contribution in [3.05, 3.63) is 72.2 Å². The first kappa shape index (κ1) is 20.6. The Hall–Kier alpha value is -3.33. The standard InChI is InChI=1S/C23H19F2N3O3S/c1-32(29,30)22-11-7-15(13-26-22)14-6-8-17-19(12-14)28-18(9-10-21(28)27-17)16-4-2-3-5-20(16)31-23(24)25/h2-8,11-13,18,23H,9-10H2,1H3. The number of aromatic nitrogens is 3. The van der Waals surface area contributed by atoms with Crippen LogP contribution in [0.1, 0.15) is 23.9 Å². The molecule has 164 valence electrons. The molecular weight excluding hydrogens is 436 g/mol. The lowest BCUT2D eigenvalue weighted by atomic mass is 10.0. The summed E-state index contributed by atoms with van der Waals surface area (Å²) in [6.45, 7) is -2.90. The quantitative estimate of drug-likeness (QED) is 0.438. The third kappa shape index (κ3) is 3.62. The van der Waals surface area contributed by atoms with Crippen molar-refractivity contribution in [2.75, 3.05) is 6.26 Å². The van der Waals surface area contributed by atoms with Crippen LogP contribution in [0, 0.1) is 0 Å². The van der Waals surface area contributed by atoms with Crippen LogP contribution in [0.25, 0.3) is 22.2 Å². The Balaban J connectivity index is 1.59. The number of rotatable bonds is 5. The molecule has 1 aliphatic rings. The van der Waals surface area contributed by atoms with E-state index >= 15 is 0 Å². The van der Waals surface area contributed by atoms with E-state index in [1.165, 1.54) is 12.3 Å². The maximum Gasteiger partial charge on any atom is 0.387 e. The third-order valence-corrected chi connectivity index (χ3v) is 6.66. The lowest BCUT2D eigenvalue weighted by Crippen LogP contribution is -2.10. The van der Waals surface area contributed by atoms with Gasteiger partial charge in [0.1, 0.15) is 11.6 Å². The number of hydrogen-bond donors (Lipinski definition) is 0. The van der Waals surface area contributed by atoms with Gasteiger partial charge in [0.05, 0.1) is 17.1 Å². The van der Waals surface area contributed by atoms with Crippen LogP contribution >= 0.6 is 0 Å². The number of fused-ring (bicyclic) bond motifs is 3. The van der Waals surface area contributed by atoms with E-state index in [0.29, 0.717) is 5.56 Å². The Morgan fingerprint density at radius 2 is 1.88 bits per heavy atom. The SMILES string of the molecule is CS(=O)(=O)c1ccc(-c2ccc3nc4n(c3c2)C(c2ccccc2OC(F)F)CC4)cn1. The molecule has 1 aliphatic heterocycles. The van der Waals surface area contributed by atoms with Crippen molar-refractivity contribution in [3.63, 3.8) is 0 Å². The van der Waals surface area contributed by atoms with Gasteiger partial charge in [-0.3, -0.25) is 0 Å². The maximum atomic E-state index is 12.9.